The van der Waals surface area contributed by atoms with Gasteiger partial charge in [-0.1, -0.05) is 35.3 Å². The van der Waals surface area contributed by atoms with Gasteiger partial charge in [0.25, 0.3) is 11.8 Å². The molecule has 134 valence electrons. The average Bonchev–Trinajstić information content (AvgIpc) is 2.87. The summed E-state index contributed by atoms with van der Waals surface area (Å²) in [4.78, 5) is 37.5. The molecule has 0 unspecified atom stereocenters. The maximum Gasteiger partial charge on any atom is 0.319 e. The summed E-state index contributed by atoms with van der Waals surface area (Å²) in [7, 11) is 0. The number of halogens is 2. The van der Waals surface area contributed by atoms with Crippen LogP contribution in [0.1, 0.15) is 27.1 Å². The van der Waals surface area contributed by atoms with Crippen LogP contribution in [0.4, 0.5) is 10.5 Å². The molecule has 2 aromatic rings. The lowest BCUT2D eigenvalue weighted by Crippen LogP contribution is -2.35. The molecule has 26 heavy (non-hydrogen) atoms. The molecule has 8 heteroatoms. The number of benzene rings is 2. The van der Waals surface area contributed by atoms with Crippen molar-refractivity contribution < 1.29 is 14.4 Å². The Bertz CT molecular complexity index is 851. The van der Waals surface area contributed by atoms with E-state index in [-0.39, 0.29) is 18.4 Å². The lowest BCUT2D eigenvalue weighted by molar-refractivity contribution is 0.0653. The van der Waals surface area contributed by atoms with Crippen LogP contribution in [0, 0.1) is 0 Å². The molecule has 2 aromatic carbocycles. The Balaban J connectivity index is 1.46. The van der Waals surface area contributed by atoms with Gasteiger partial charge in [0, 0.05) is 18.8 Å². The molecule has 2 N–H and O–H groups in total. The third-order valence-electron chi connectivity index (χ3n) is 3.90. The van der Waals surface area contributed by atoms with E-state index in [0.29, 0.717) is 39.8 Å². The molecule has 1 aliphatic heterocycles. The highest BCUT2D eigenvalue weighted by Gasteiger charge is 2.34. The van der Waals surface area contributed by atoms with E-state index in [1.165, 1.54) is 4.90 Å². The van der Waals surface area contributed by atoms with Gasteiger partial charge >= 0.3 is 6.03 Å². The molecule has 0 aromatic heterocycles. The number of fused-ring (bicyclic) bond motifs is 1. The summed E-state index contributed by atoms with van der Waals surface area (Å²) in [5.74, 6) is -0.600. The van der Waals surface area contributed by atoms with Crippen molar-refractivity contribution in [1.82, 2.24) is 10.2 Å². The molecule has 0 fully saturated rings. The lowest BCUT2D eigenvalue weighted by atomic mass is 10.1. The highest BCUT2D eigenvalue weighted by atomic mass is 35.5. The van der Waals surface area contributed by atoms with Crippen LogP contribution < -0.4 is 10.6 Å². The highest BCUT2D eigenvalue weighted by Crippen LogP contribution is 2.25. The number of nitrogens with zero attached hydrogens (tertiary/aromatic N) is 1. The molecule has 0 saturated heterocycles. The van der Waals surface area contributed by atoms with Crippen molar-refractivity contribution in [3.8, 4) is 0 Å². The molecule has 0 aliphatic carbocycles. The molecule has 1 aliphatic rings. The zero-order valence-corrected chi connectivity index (χ0v) is 15.1. The molecule has 6 nitrogen and oxygen atoms in total. The van der Waals surface area contributed by atoms with Gasteiger partial charge in [-0.15, -0.1) is 0 Å². The third kappa shape index (κ3) is 3.81. The Morgan fingerprint density at radius 3 is 2.23 bits per heavy atom. The van der Waals surface area contributed by atoms with Gasteiger partial charge in [0.1, 0.15) is 0 Å². The van der Waals surface area contributed by atoms with Crippen LogP contribution >= 0.6 is 23.2 Å². The number of carbonyl (C=O) groups excluding carboxylic acids is 3. The largest absolute Gasteiger partial charge is 0.338 e. The first-order chi connectivity index (χ1) is 12.5. The second kappa shape index (κ2) is 7.76. The van der Waals surface area contributed by atoms with Gasteiger partial charge in [-0.2, -0.15) is 0 Å². The van der Waals surface area contributed by atoms with Gasteiger partial charge in [-0.25, -0.2) is 4.79 Å². The normalized spacial score (nSPS) is 12.9. The van der Waals surface area contributed by atoms with Crippen molar-refractivity contribution in [3.05, 3.63) is 63.6 Å². The van der Waals surface area contributed by atoms with E-state index < -0.39 is 6.03 Å². The number of anilines is 1. The summed E-state index contributed by atoms with van der Waals surface area (Å²) < 4.78 is 0. The van der Waals surface area contributed by atoms with Crippen LogP contribution in [0.3, 0.4) is 0 Å². The van der Waals surface area contributed by atoms with Gasteiger partial charge in [-0.3, -0.25) is 14.5 Å². The number of hydrogen-bond donors (Lipinski definition) is 2. The van der Waals surface area contributed by atoms with Crippen LogP contribution in [-0.4, -0.2) is 35.8 Å². The summed E-state index contributed by atoms with van der Waals surface area (Å²) in [6, 6.07) is 11.1. The van der Waals surface area contributed by atoms with E-state index in [1.807, 2.05) is 0 Å². The number of amides is 4. The van der Waals surface area contributed by atoms with Crippen molar-refractivity contribution >= 4 is 46.7 Å². The second-order valence-electron chi connectivity index (χ2n) is 5.67. The lowest BCUT2D eigenvalue weighted by Gasteiger charge is -2.14. The van der Waals surface area contributed by atoms with Crippen LogP contribution in [0.25, 0.3) is 0 Å². The Morgan fingerprint density at radius 1 is 0.962 bits per heavy atom. The minimum absolute atomic E-state index is 0.236. The molecule has 0 atom stereocenters. The monoisotopic (exact) mass is 391 g/mol. The van der Waals surface area contributed by atoms with Crippen LogP contribution in [0.5, 0.6) is 0 Å². The van der Waals surface area contributed by atoms with E-state index in [2.05, 4.69) is 10.6 Å². The molecule has 0 saturated carbocycles. The number of nitrogens with one attached hydrogen (secondary N) is 2. The van der Waals surface area contributed by atoms with Crippen LogP contribution in [0.2, 0.25) is 10.0 Å². The number of urea groups is 1. The van der Waals surface area contributed by atoms with Crippen molar-refractivity contribution in [2.45, 2.75) is 6.42 Å². The van der Waals surface area contributed by atoms with Gasteiger partial charge in [0.15, 0.2) is 0 Å². The second-order valence-corrected chi connectivity index (χ2v) is 6.49. The predicted molar refractivity (Wildman–Crippen MR) is 99.9 cm³/mol. The molecule has 0 spiro atoms. The number of imide groups is 1. The van der Waals surface area contributed by atoms with Crippen molar-refractivity contribution in [2.24, 2.45) is 0 Å². The Kier molecular flexibility index (Phi) is 5.44. The standard InChI is InChI=1S/C18H15Cl2N3O3/c19-14-7-6-11(10-15(14)20)22-18(26)21-8-3-9-23-16(24)12-4-1-2-5-13(12)17(23)25/h1-2,4-7,10H,3,8-9H2,(H2,21,22,26). The van der Waals surface area contributed by atoms with Crippen molar-refractivity contribution in [2.75, 3.05) is 18.4 Å². The SMILES string of the molecule is O=C(NCCCN1C(=O)c2ccccc2C1=O)Nc1ccc(Cl)c(Cl)c1. The molecular weight excluding hydrogens is 377 g/mol. The van der Waals surface area contributed by atoms with E-state index in [4.69, 9.17) is 23.2 Å². The first-order valence-corrected chi connectivity index (χ1v) is 8.68. The number of rotatable bonds is 5. The average molecular weight is 392 g/mol. The quantitative estimate of drug-likeness (QED) is 0.600. The minimum atomic E-state index is -0.411. The van der Waals surface area contributed by atoms with Crippen LogP contribution in [-0.2, 0) is 0 Å². The van der Waals surface area contributed by atoms with Gasteiger partial charge in [0.05, 0.1) is 21.2 Å². The minimum Gasteiger partial charge on any atom is -0.338 e. The Labute approximate surface area is 160 Å². The van der Waals surface area contributed by atoms with Gasteiger partial charge < -0.3 is 10.6 Å². The number of carbonyl (C=O) groups is 3. The van der Waals surface area contributed by atoms with Gasteiger partial charge in [-0.05, 0) is 36.8 Å². The third-order valence-corrected chi connectivity index (χ3v) is 4.64. The van der Waals surface area contributed by atoms with E-state index >= 15 is 0 Å². The zero-order chi connectivity index (χ0) is 18.7. The number of hydrogen-bond acceptors (Lipinski definition) is 3. The first-order valence-electron chi connectivity index (χ1n) is 7.92. The molecule has 0 radical (unpaired) electrons. The summed E-state index contributed by atoms with van der Waals surface area (Å²) in [6.07, 6.45) is 0.445. The molecule has 3 rings (SSSR count). The summed E-state index contributed by atoms with van der Waals surface area (Å²) in [5.41, 5.74) is 1.35. The topological polar surface area (TPSA) is 78.5 Å². The van der Waals surface area contributed by atoms with Crippen molar-refractivity contribution in [3.63, 3.8) is 0 Å². The zero-order valence-electron chi connectivity index (χ0n) is 13.6. The van der Waals surface area contributed by atoms with Crippen molar-refractivity contribution in [1.29, 1.82) is 0 Å². The fourth-order valence-electron chi connectivity index (χ4n) is 2.63. The summed E-state index contributed by atoms with van der Waals surface area (Å²) >= 11 is 11.7. The maximum absolute atomic E-state index is 12.2. The Morgan fingerprint density at radius 2 is 1.62 bits per heavy atom. The summed E-state index contributed by atoms with van der Waals surface area (Å²) in [6.45, 7) is 0.542. The molecule has 4 amide bonds. The predicted octanol–water partition coefficient (Wildman–Crippen LogP) is 3.80. The Hall–Kier alpha value is -2.57. The van der Waals surface area contributed by atoms with E-state index in [9.17, 15) is 14.4 Å². The fraction of sp³-hybridized carbons (Fsp3) is 0.167. The first kappa shape index (κ1) is 18.2. The smallest absolute Gasteiger partial charge is 0.319 e. The maximum atomic E-state index is 12.2. The van der Waals surface area contributed by atoms with E-state index in [0.717, 1.165) is 0 Å². The molecular formula is C18H15Cl2N3O3. The fourth-order valence-corrected chi connectivity index (χ4v) is 2.93. The van der Waals surface area contributed by atoms with E-state index in [1.54, 1.807) is 42.5 Å². The summed E-state index contributed by atoms with van der Waals surface area (Å²) in [5, 5.41) is 6.04. The van der Waals surface area contributed by atoms with Gasteiger partial charge in [0.2, 0.25) is 0 Å². The van der Waals surface area contributed by atoms with Crippen LogP contribution in [0.15, 0.2) is 42.5 Å². The molecule has 1 heterocycles. The molecule has 0 bridgehead atoms. The highest BCUT2D eigenvalue weighted by molar-refractivity contribution is 6.42.